The number of rotatable bonds is 2. The minimum Gasteiger partial charge on any atom is -0.408 e. The largest absolute Gasteiger partial charge is 0.420 e. The van der Waals surface area contributed by atoms with Crippen LogP contribution in [-0.2, 0) is 6.54 Å². The lowest BCUT2D eigenvalue weighted by molar-refractivity contribution is 0.518. The second kappa shape index (κ2) is 4.07. The van der Waals surface area contributed by atoms with Gasteiger partial charge in [-0.15, -0.1) is 0 Å². The van der Waals surface area contributed by atoms with Crippen molar-refractivity contribution in [3.63, 3.8) is 0 Å². The predicted octanol–water partition coefficient (Wildman–Crippen LogP) is 2.22. The summed E-state index contributed by atoms with van der Waals surface area (Å²) >= 11 is 0. The zero-order valence-electron chi connectivity index (χ0n) is 9.67. The molecule has 0 saturated carbocycles. The molecule has 0 amide bonds. The Balaban J connectivity index is 2.13. The fourth-order valence-electron chi connectivity index (χ4n) is 2.01. The van der Waals surface area contributed by atoms with Gasteiger partial charge in [0.2, 0.25) is 0 Å². The van der Waals surface area contributed by atoms with Gasteiger partial charge in [-0.1, -0.05) is 30.3 Å². The highest BCUT2D eigenvalue weighted by atomic mass is 16.4. The quantitative estimate of drug-likeness (QED) is 0.699. The Labute approximate surface area is 103 Å². The van der Waals surface area contributed by atoms with E-state index in [1.54, 1.807) is 10.6 Å². The number of hydrogen-bond acceptors (Lipinski definition) is 3. The van der Waals surface area contributed by atoms with E-state index in [2.05, 4.69) is 0 Å². The highest BCUT2D eigenvalue weighted by Crippen LogP contribution is 2.16. The minimum atomic E-state index is -0.362. The maximum atomic E-state index is 11.8. The first-order valence-corrected chi connectivity index (χ1v) is 5.67. The van der Waals surface area contributed by atoms with E-state index in [-0.39, 0.29) is 5.76 Å². The number of nitrogen functional groups attached to an aromatic ring is 1. The van der Waals surface area contributed by atoms with Crippen LogP contribution in [0.2, 0.25) is 0 Å². The van der Waals surface area contributed by atoms with Crippen LogP contribution >= 0.6 is 0 Å². The molecule has 0 saturated heterocycles. The number of para-hydroxylation sites is 3. The van der Waals surface area contributed by atoms with Crippen molar-refractivity contribution in [2.75, 3.05) is 5.73 Å². The van der Waals surface area contributed by atoms with Gasteiger partial charge in [0.1, 0.15) is 0 Å². The third kappa shape index (κ3) is 1.68. The first-order chi connectivity index (χ1) is 8.75. The molecule has 0 spiro atoms. The summed E-state index contributed by atoms with van der Waals surface area (Å²) in [5, 5.41) is 0. The van der Waals surface area contributed by atoms with Crippen LogP contribution in [0.3, 0.4) is 0 Å². The Kier molecular flexibility index (Phi) is 2.41. The van der Waals surface area contributed by atoms with Crippen molar-refractivity contribution >= 4 is 16.8 Å². The first kappa shape index (κ1) is 10.7. The van der Waals surface area contributed by atoms with Crippen molar-refractivity contribution in [1.82, 2.24) is 4.57 Å². The number of fused-ring (bicyclic) bond motifs is 1. The van der Waals surface area contributed by atoms with Gasteiger partial charge in [0, 0.05) is 5.69 Å². The molecule has 2 N–H and O–H groups in total. The number of benzene rings is 2. The zero-order chi connectivity index (χ0) is 12.5. The second-order valence-corrected chi connectivity index (χ2v) is 4.12. The molecule has 0 fully saturated rings. The van der Waals surface area contributed by atoms with Gasteiger partial charge in [0.15, 0.2) is 5.58 Å². The van der Waals surface area contributed by atoms with Crippen LogP contribution in [-0.4, -0.2) is 4.57 Å². The highest BCUT2D eigenvalue weighted by Gasteiger charge is 2.09. The van der Waals surface area contributed by atoms with E-state index < -0.39 is 0 Å². The lowest BCUT2D eigenvalue weighted by Gasteiger charge is -2.05. The number of aromatic nitrogens is 1. The van der Waals surface area contributed by atoms with E-state index in [9.17, 15) is 4.79 Å². The number of nitrogens with zero attached hydrogens (tertiary/aromatic N) is 1. The molecule has 0 atom stereocenters. The summed E-state index contributed by atoms with van der Waals surface area (Å²) < 4.78 is 6.76. The lowest BCUT2D eigenvalue weighted by atomic mass is 10.2. The predicted molar refractivity (Wildman–Crippen MR) is 70.4 cm³/mol. The number of oxazole rings is 1. The van der Waals surface area contributed by atoms with E-state index in [0.717, 1.165) is 11.1 Å². The molecule has 1 aromatic heterocycles. The fourth-order valence-corrected chi connectivity index (χ4v) is 2.01. The van der Waals surface area contributed by atoms with Gasteiger partial charge in [-0.3, -0.25) is 4.57 Å². The van der Waals surface area contributed by atoms with Crippen LogP contribution in [0.5, 0.6) is 0 Å². The summed E-state index contributed by atoms with van der Waals surface area (Å²) in [6.07, 6.45) is 0. The molecule has 3 rings (SSSR count). The van der Waals surface area contributed by atoms with Crippen molar-refractivity contribution < 1.29 is 4.42 Å². The lowest BCUT2D eigenvalue weighted by Crippen LogP contribution is -2.15. The summed E-state index contributed by atoms with van der Waals surface area (Å²) in [7, 11) is 0. The van der Waals surface area contributed by atoms with Gasteiger partial charge >= 0.3 is 5.76 Å². The maximum Gasteiger partial charge on any atom is 0.420 e. The van der Waals surface area contributed by atoms with E-state index >= 15 is 0 Å². The van der Waals surface area contributed by atoms with E-state index in [0.29, 0.717) is 17.8 Å². The van der Waals surface area contributed by atoms with Gasteiger partial charge < -0.3 is 10.2 Å². The van der Waals surface area contributed by atoms with Gasteiger partial charge in [-0.25, -0.2) is 4.79 Å². The van der Waals surface area contributed by atoms with Crippen molar-refractivity contribution in [2.45, 2.75) is 6.54 Å². The summed E-state index contributed by atoms with van der Waals surface area (Å²) in [6.45, 7) is 0.419. The van der Waals surface area contributed by atoms with Crippen LogP contribution in [0.1, 0.15) is 5.56 Å². The topological polar surface area (TPSA) is 61.2 Å². The number of nitrogens with two attached hydrogens (primary N) is 1. The van der Waals surface area contributed by atoms with Crippen molar-refractivity contribution in [2.24, 2.45) is 0 Å². The Morgan fingerprint density at radius 2 is 1.78 bits per heavy atom. The third-order valence-corrected chi connectivity index (χ3v) is 2.96. The molecule has 4 nitrogen and oxygen atoms in total. The first-order valence-electron chi connectivity index (χ1n) is 5.67. The average molecular weight is 240 g/mol. The van der Waals surface area contributed by atoms with Crippen LogP contribution in [0.4, 0.5) is 5.69 Å². The third-order valence-electron chi connectivity index (χ3n) is 2.96. The number of anilines is 1. The molecule has 18 heavy (non-hydrogen) atoms. The molecule has 0 aliphatic heterocycles. The molecular formula is C14H12N2O2. The monoisotopic (exact) mass is 240 g/mol. The molecule has 0 unspecified atom stereocenters. The van der Waals surface area contributed by atoms with Gasteiger partial charge in [0.05, 0.1) is 12.1 Å². The van der Waals surface area contributed by atoms with Crippen LogP contribution in [0.15, 0.2) is 57.7 Å². The van der Waals surface area contributed by atoms with Crippen LogP contribution < -0.4 is 11.5 Å². The molecule has 1 heterocycles. The average Bonchev–Trinajstić information content (AvgIpc) is 2.69. The zero-order valence-corrected chi connectivity index (χ0v) is 9.67. The minimum absolute atomic E-state index is 0.362. The van der Waals surface area contributed by atoms with Crippen LogP contribution in [0, 0.1) is 0 Å². The standard InChI is InChI=1S/C14H12N2O2/c15-11-6-2-1-5-10(11)9-16-12-7-3-4-8-13(12)18-14(16)17/h1-8H,9,15H2. The molecule has 2 aromatic carbocycles. The summed E-state index contributed by atoms with van der Waals surface area (Å²) in [4.78, 5) is 11.8. The Morgan fingerprint density at radius 1 is 1.06 bits per heavy atom. The van der Waals surface area contributed by atoms with Crippen molar-refractivity contribution in [1.29, 1.82) is 0 Å². The summed E-state index contributed by atoms with van der Waals surface area (Å²) in [6, 6.07) is 14.9. The molecule has 4 heteroatoms. The van der Waals surface area contributed by atoms with Crippen LogP contribution in [0.25, 0.3) is 11.1 Å². The Hall–Kier alpha value is -2.49. The van der Waals surface area contributed by atoms with Crippen molar-refractivity contribution in [3.05, 3.63) is 64.6 Å². The maximum absolute atomic E-state index is 11.8. The van der Waals surface area contributed by atoms with E-state index in [1.165, 1.54) is 0 Å². The second-order valence-electron chi connectivity index (χ2n) is 4.12. The molecule has 0 aliphatic carbocycles. The normalized spacial score (nSPS) is 10.9. The Morgan fingerprint density at radius 3 is 2.61 bits per heavy atom. The highest BCUT2D eigenvalue weighted by molar-refractivity contribution is 5.72. The molecule has 90 valence electrons. The summed E-state index contributed by atoms with van der Waals surface area (Å²) in [5.41, 5.74) is 8.85. The molecular weight excluding hydrogens is 228 g/mol. The van der Waals surface area contributed by atoms with Gasteiger partial charge in [-0.2, -0.15) is 0 Å². The SMILES string of the molecule is Nc1ccccc1Cn1c(=O)oc2ccccc21. The van der Waals surface area contributed by atoms with E-state index in [1.807, 2.05) is 42.5 Å². The smallest absolute Gasteiger partial charge is 0.408 e. The van der Waals surface area contributed by atoms with Crippen molar-refractivity contribution in [3.8, 4) is 0 Å². The summed E-state index contributed by atoms with van der Waals surface area (Å²) in [5.74, 6) is -0.362. The molecule has 3 aromatic rings. The van der Waals surface area contributed by atoms with Gasteiger partial charge in [-0.05, 0) is 23.8 Å². The molecule has 0 aliphatic rings. The van der Waals surface area contributed by atoms with Gasteiger partial charge in [0.25, 0.3) is 0 Å². The number of hydrogen-bond donors (Lipinski definition) is 1. The molecule has 0 radical (unpaired) electrons. The Bertz CT molecular complexity index is 756. The fraction of sp³-hybridized carbons (Fsp3) is 0.0714. The molecule has 0 bridgehead atoms. The van der Waals surface area contributed by atoms with E-state index in [4.69, 9.17) is 10.2 Å².